The normalized spacial score (nSPS) is 21.8. The van der Waals surface area contributed by atoms with Crippen molar-refractivity contribution in [2.45, 2.75) is 83.7 Å². The largest absolute Gasteiger partial charge is 0.435 e. The Hall–Kier alpha value is -1.57. The van der Waals surface area contributed by atoms with Gasteiger partial charge in [-0.25, -0.2) is 0 Å². The van der Waals surface area contributed by atoms with Crippen LogP contribution in [0.5, 0.6) is 0 Å². The molecule has 1 saturated heterocycles. The predicted octanol–water partition coefficient (Wildman–Crippen LogP) is 3.20. The lowest BCUT2D eigenvalue weighted by Crippen LogP contribution is -2.62. The van der Waals surface area contributed by atoms with Crippen LogP contribution >= 0.6 is 0 Å². The Bertz CT molecular complexity index is 633. The second-order valence-electron chi connectivity index (χ2n) is 8.30. The number of aromatic nitrogens is 2. The number of halogens is 3. The SMILES string of the molecule is Cc1cc(C(F)(F)F)nn1C(C)C(=O)NC1CC(C)(C)NC(C)(C)C1. The van der Waals surface area contributed by atoms with Crippen LogP contribution in [0.3, 0.4) is 0 Å². The first kappa shape index (κ1) is 19.8. The third kappa shape index (κ3) is 4.74. The Kier molecular flexibility index (Phi) is 4.98. The van der Waals surface area contributed by atoms with Crippen LogP contribution in [-0.2, 0) is 11.0 Å². The molecule has 1 fully saturated rings. The molecule has 0 aromatic carbocycles. The van der Waals surface area contributed by atoms with Gasteiger partial charge in [0.25, 0.3) is 0 Å². The summed E-state index contributed by atoms with van der Waals surface area (Å²) in [6.45, 7) is 11.4. The van der Waals surface area contributed by atoms with E-state index in [-0.39, 0.29) is 23.0 Å². The highest BCUT2D eigenvalue weighted by Crippen LogP contribution is 2.30. The number of nitrogens with zero attached hydrogens (tertiary/aromatic N) is 2. The van der Waals surface area contributed by atoms with Gasteiger partial charge in [-0.2, -0.15) is 18.3 Å². The lowest BCUT2D eigenvalue weighted by molar-refractivity contribution is -0.142. The molecule has 0 aliphatic carbocycles. The lowest BCUT2D eigenvalue weighted by Gasteiger charge is -2.46. The molecule has 2 heterocycles. The van der Waals surface area contributed by atoms with Crippen LogP contribution in [0.4, 0.5) is 13.2 Å². The molecule has 5 nitrogen and oxygen atoms in total. The van der Waals surface area contributed by atoms with Crippen molar-refractivity contribution in [2.75, 3.05) is 0 Å². The zero-order valence-corrected chi connectivity index (χ0v) is 15.6. The summed E-state index contributed by atoms with van der Waals surface area (Å²) in [5.74, 6) is -0.321. The summed E-state index contributed by atoms with van der Waals surface area (Å²) in [4.78, 5) is 12.6. The Balaban J connectivity index is 2.12. The molecule has 1 atom stereocenters. The zero-order valence-electron chi connectivity index (χ0n) is 15.6. The molecule has 25 heavy (non-hydrogen) atoms. The maximum absolute atomic E-state index is 12.8. The summed E-state index contributed by atoms with van der Waals surface area (Å²) >= 11 is 0. The van der Waals surface area contributed by atoms with E-state index in [0.717, 1.165) is 23.6 Å². The third-order valence-corrected chi connectivity index (χ3v) is 4.50. The van der Waals surface area contributed by atoms with Crippen molar-refractivity contribution in [3.8, 4) is 0 Å². The highest BCUT2D eigenvalue weighted by molar-refractivity contribution is 5.80. The molecule has 8 heteroatoms. The van der Waals surface area contributed by atoms with Crippen molar-refractivity contribution in [1.82, 2.24) is 20.4 Å². The van der Waals surface area contributed by atoms with Crippen LogP contribution in [0.25, 0.3) is 0 Å². The van der Waals surface area contributed by atoms with Crippen molar-refractivity contribution in [3.63, 3.8) is 0 Å². The maximum atomic E-state index is 12.8. The summed E-state index contributed by atoms with van der Waals surface area (Å²) in [6, 6.07) is 0.108. The number of hydrogen-bond donors (Lipinski definition) is 2. The lowest BCUT2D eigenvalue weighted by atomic mass is 9.79. The number of carbonyl (C=O) groups is 1. The van der Waals surface area contributed by atoms with E-state index in [0.29, 0.717) is 5.69 Å². The van der Waals surface area contributed by atoms with E-state index in [1.54, 1.807) is 6.92 Å². The second-order valence-corrected chi connectivity index (χ2v) is 8.30. The van der Waals surface area contributed by atoms with Gasteiger partial charge in [-0.1, -0.05) is 0 Å². The van der Waals surface area contributed by atoms with Crippen molar-refractivity contribution < 1.29 is 18.0 Å². The van der Waals surface area contributed by atoms with Gasteiger partial charge in [0.05, 0.1) is 0 Å². The second kappa shape index (κ2) is 6.30. The highest BCUT2D eigenvalue weighted by Gasteiger charge is 2.39. The fourth-order valence-electron chi connectivity index (χ4n) is 3.88. The Labute approximate surface area is 146 Å². The molecule has 0 saturated carbocycles. The fourth-order valence-corrected chi connectivity index (χ4v) is 3.88. The molecule has 0 bridgehead atoms. The summed E-state index contributed by atoms with van der Waals surface area (Å²) in [5.41, 5.74) is -0.933. The Morgan fingerprint density at radius 1 is 1.32 bits per heavy atom. The number of hydrogen-bond acceptors (Lipinski definition) is 3. The molecule has 0 spiro atoms. The molecule has 2 N–H and O–H groups in total. The average Bonchev–Trinajstić information content (AvgIpc) is 2.75. The minimum atomic E-state index is -4.52. The molecule has 1 aliphatic rings. The third-order valence-electron chi connectivity index (χ3n) is 4.50. The van der Waals surface area contributed by atoms with E-state index in [1.165, 1.54) is 6.92 Å². The molecule has 2 rings (SSSR count). The van der Waals surface area contributed by atoms with Crippen LogP contribution in [0.1, 0.15) is 64.9 Å². The van der Waals surface area contributed by atoms with Gasteiger partial charge in [0.15, 0.2) is 5.69 Å². The highest BCUT2D eigenvalue weighted by atomic mass is 19.4. The number of carbonyl (C=O) groups excluding carboxylic acids is 1. The molecule has 1 aromatic rings. The molecule has 1 aromatic heterocycles. The first-order valence-corrected chi connectivity index (χ1v) is 8.43. The van der Waals surface area contributed by atoms with Gasteiger partial charge in [0.2, 0.25) is 5.91 Å². The van der Waals surface area contributed by atoms with Crippen LogP contribution in [-0.4, -0.2) is 32.8 Å². The van der Waals surface area contributed by atoms with Crippen LogP contribution in [0.15, 0.2) is 6.07 Å². The summed E-state index contributed by atoms with van der Waals surface area (Å²) in [5, 5.41) is 10.1. The monoisotopic (exact) mass is 360 g/mol. The minimum Gasteiger partial charge on any atom is -0.351 e. The van der Waals surface area contributed by atoms with Gasteiger partial charge in [0.1, 0.15) is 6.04 Å². The fraction of sp³-hybridized carbons (Fsp3) is 0.765. The van der Waals surface area contributed by atoms with Crippen molar-refractivity contribution in [1.29, 1.82) is 0 Å². The number of amides is 1. The maximum Gasteiger partial charge on any atom is 0.435 e. The van der Waals surface area contributed by atoms with Crippen LogP contribution in [0.2, 0.25) is 0 Å². The van der Waals surface area contributed by atoms with E-state index < -0.39 is 17.9 Å². The van der Waals surface area contributed by atoms with Crippen molar-refractivity contribution in [3.05, 3.63) is 17.5 Å². The number of alkyl halides is 3. The number of piperidine rings is 1. The number of rotatable bonds is 3. The molecule has 0 radical (unpaired) electrons. The number of aryl methyl sites for hydroxylation is 1. The molecular formula is C17H27F3N4O. The topological polar surface area (TPSA) is 59.0 Å². The van der Waals surface area contributed by atoms with E-state index in [9.17, 15) is 18.0 Å². The quantitative estimate of drug-likeness (QED) is 0.870. The first-order chi connectivity index (χ1) is 11.2. The van der Waals surface area contributed by atoms with Gasteiger partial charge in [-0.05, 0) is 60.5 Å². The summed E-state index contributed by atoms with van der Waals surface area (Å²) < 4.78 is 39.6. The van der Waals surface area contributed by atoms with Crippen LogP contribution < -0.4 is 10.6 Å². The summed E-state index contributed by atoms with van der Waals surface area (Å²) in [6.07, 6.45) is -3.02. The first-order valence-electron chi connectivity index (χ1n) is 8.43. The Morgan fingerprint density at radius 3 is 2.28 bits per heavy atom. The summed E-state index contributed by atoms with van der Waals surface area (Å²) in [7, 11) is 0. The molecule has 1 amide bonds. The molecule has 142 valence electrons. The predicted molar refractivity (Wildman–Crippen MR) is 89.1 cm³/mol. The number of nitrogens with one attached hydrogen (secondary N) is 2. The van der Waals surface area contributed by atoms with E-state index in [4.69, 9.17) is 0 Å². The van der Waals surface area contributed by atoms with Crippen molar-refractivity contribution in [2.24, 2.45) is 0 Å². The van der Waals surface area contributed by atoms with Gasteiger partial charge >= 0.3 is 6.18 Å². The molecule has 1 unspecified atom stereocenters. The van der Waals surface area contributed by atoms with Gasteiger partial charge in [-0.15, -0.1) is 0 Å². The average molecular weight is 360 g/mol. The standard InChI is InChI=1S/C17H27F3N4O/c1-10-7-13(17(18,19)20)22-24(10)11(2)14(25)21-12-8-15(3,4)23-16(5,6)9-12/h7,11-12,23H,8-9H2,1-6H3,(H,21,25). The zero-order chi connectivity index (χ0) is 19.2. The smallest absolute Gasteiger partial charge is 0.351 e. The van der Waals surface area contributed by atoms with Crippen LogP contribution in [0, 0.1) is 6.92 Å². The Morgan fingerprint density at radius 2 is 1.84 bits per heavy atom. The van der Waals surface area contributed by atoms with Gasteiger partial charge in [-0.3, -0.25) is 9.48 Å². The molecule has 1 aliphatic heterocycles. The minimum absolute atomic E-state index is 0.0424. The van der Waals surface area contributed by atoms with Gasteiger partial charge < -0.3 is 10.6 Å². The van der Waals surface area contributed by atoms with E-state index in [2.05, 4.69) is 43.4 Å². The van der Waals surface area contributed by atoms with E-state index in [1.807, 2.05) is 0 Å². The van der Waals surface area contributed by atoms with Crippen molar-refractivity contribution >= 4 is 5.91 Å². The molecular weight excluding hydrogens is 333 g/mol. The van der Waals surface area contributed by atoms with Gasteiger partial charge in [0, 0.05) is 22.8 Å². The van der Waals surface area contributed by atoms with E-state index >= 15 is 0 Å².